The highest BCUT2D eigenvalue weighted by Gasteiger charge is 2.45. The van der Waals surface area contributed by atoms with Gasteiger partial charge in [-0.2, -0.15) is 0 Å². The number of hydrogen-bond donors (Lipinski definition) is 3. The summed E-state index contributed by atoms with van der Waals surface area (Å²) in [6.45, 7) is 2.06. The molecular formula is C26H44N4O6. The number of unbranched alkanes of at least 4 members (excludes halogenated alkanes) is 11. The molecule has 10 heteroatoms. The van der Waals surface area contributed by atoms with E-state index < -0.39 is 30.4 Å². The van der Waals surface area contributed by atoms with Crippen molar-refractivity contribution in [2.45, 2.75) is 121 Å². The lowest BCUT2D eigenvalue weighted by Crippen LogP contribution is -2.34. The third-order valence-electron chi connectivity index (χ3n) is 6.38. The van der Waals surface area contributed by atoms with Crippen LogP contribution in [0.3, 0.4) is 0 Å². The van der Waals surface area contributed by atoms with Crippen LogP contribution < -0.4 is 5.73 Å². The summed E-state index contributed by atoms with van der Waals surface area (Å²) in [5.41, 5.74) is 5.12. The number of carbonyl (C=O) groups is 2. The first-order valence-electron chi connectivity index (χ1n) is 13.5. The Kier molecular flexibility index (Phi) is 14.3. The van der Waals surface area contributed by atoms with Gasteiger partial charge in [0.15, 0.2) is 6.23 Å². The van der Waals surface area contributed by atoms with Crippen LogP contribution in [0.15, 0.2) is 18.5 Å². The fraction of sp³-hybridized carbons (Fsp3) is 0.769. The normalized spacial score (nSPS) is 21.9. The van der Waals surface area contributed by atoms with E-state index in [1.807, 2.05) is 0 Å². The summed E-state index contributed by atoms with van der Waals surface area (Å²) < 4.78 is 11.9. The Bertz CT molecular complexity index is 799. The minimum atomic E-state index is -1.32. The van der Waals surface area contributed by atoms with E-state index in [0.29, 0.717) is 6.42 Å². The first-order valence-corrected chi connectivity index (χ1v) is 13.5. The quantitative estimate of drug-likeness (QED) is 0.146. The van der Waals surface area contributed by atoms with Crippen molar-refractivity contribution in [1.29, 1.82) is 0 Å². The van der Waals surface area contributed by atoms with Crippen molar-refractivity contribution in [2.24, 2.45) is 5.73 Å². The number of aromatic nitrogens is 3. The average Bonchev–Trinajstić information content (AvgIpc) is 3.46. The first kappa shape index (κ1) is 29.9. The van der Waals surface area contributed by atoms with E-state index in [4.69, 9.17) is 15.2 Å². The highest BCUT2D eigenvalue weighted by Crippen LogP contribution is 2.29. The van der Waals surface area contributed by atoms with Crippen LogP contribution in [-0.2, 0) is 14.3 Å². The number of aliphatic hydroxyl groups is 2. The highest BCUT2D eigenvalue weighted by molar-refractivity contribution is 5.88. The summed E-state index contributed by atoms with van der Waals surface area (Å²) in [6, 6.07) is 0. The molecule has 0 radical (unpaired) electrons. The molecule has 0 aliphatic carbocycles. The zero-order chi connectivity index (χ0) is 26.2. The van der Waals surface area contributed by atoms with E-state index in [0.717, 1.165) is 36.8 Å². The Hall–Kier alpha value is -2.30. The average molecular weight is 509 g/mol. The summed E-state index contributed by atoms with van der Waals surface area (Å²) >= 11 is 0. The Morgan fingerprint density at radius 3 is 2.22 bits per heavy atom. The number of aliphatic hydroxyl groups excluding tert-OH is 2. The molecule has 36 heavy (non-hydrogen) atoms. The molecule has 0 unspecified atom stereocenters. The SMILES string of the molecule is CCCCCCCC/C=C\CCCCCCCC(=O)OC[C@H]1O[C@@H](n2cnc(C(N)=O)n2)[C@H](O)[C@@H]1O. The standard InChI is InChI=1S/C26H44N4O6/c1-2-3-4-5-6-7-8-9-10-11-12-13-14-15-16-17-21(31)35-18-20-22(32)23(33)26(36-20)30-19-28-25(29-30)24(27)34/h9-10,19-20,22-23,26,32-33H,2-8,11-18H2,1H3,(H2,27,34)/b10-9-/t20-,22-,23-,26-/m1/s1. The maximum atomic E-state index is 12.0. The second kappa shape index (κ2) is 17.2. The van der Waals surface area contributed by atoms with Crippen LogP contribution in [-0.4, -0.2) is 61.8 Å². The molecule has 1 fully saturated rings. The van der Waals surface area contributed by atoms with Crippen LogP contribution in [0.2, 0.25) is 0 Å². The minimum absolute atomic E-state index is 0.185. The Morgan fingerprint density at radius 1 is 1.00 bits per heavy atom. The molecule has 2 rings (SSSR count). The number of hydrogen-bond acceptors (Lipinski definition) is 8. The molecule has 2 heterocycles. The molecule has 1 aliphatic rings. The van der Waals surface area contributed by atoms with Crippen molar-refractivity contribution in [3.05, 3.63) is 24.3 Å². The van der Waals surface area contributed by atoms with E-state index >= 15 is 0 Å². The number of nitrogens with two attached hydrogens (primary N) is 1. The van der Waals surface area contributed by atoms with Gasteiger partial charge < -0.3 is 25.4 Å². The molecule has 1 aromatic rings. The molecule has 1 saturated heterocycles. The van der Waals surface area contributed by atoms with E-state index in [9.17, 15) is 19.8 Å². The molecule has 1 aromatic heterocycles. The first-order chi connectivity index (χ1) is 17.4. The summed E-state index contributed by atoms with van der Waals surface area (Å²) in [5, 5.41) is 24.3. The second-order valence-electron chi connectivity index (χ2n) is 9.48. The molecule has 0 bridgehead atoms. The Balaban J connectivity index is 1.48. The molecule has 4 atom stereocenters. The van der Waals surface area contributed by atoms with E-state index in [1.165, 1.54) is 57.7 Å². The van der Waals surface area contributed by atoms with Crippen molar-refractivity contribution in [3.8, 4) is 0 Å². The van der Waals surface area contributed by atoms with Gasteiger partial charge in [0.05, 0.1) is 0 Å². The van der Waals surface area contributed by atoms with Crippen LogP contribution in [0, 0.1) is 0 Å². The number of carbonyl (C=O) groups excluding carboxylic acids is 2. The zero-order valence-corrected chi connectivity index (χ0v) is 21.6. The number of primary amides is 1. The third kappa shape index (κ3) is 10.8. The molecule has 10 nitrogen and oxygen atoms in total. The number of nitrogens with zero attached hydrogens (tertiary/aromatic N) is 3. The molecular weight excluding hydrogens is 464 g/mol. The topological polar surface area (TPSA) is 150 Å². The lowest BCUT2D eigenvalue weighted by molar-refractivity contribution is -0.150. The Morgan fingerprint density at radius 2 is 1.61 bits per heavy atom. The maximum absolute atomic E-state index is 12.0. The molecule has 4 N–H and O–H groups in total. The number of rotatable bonds is 19. The van der Waals surface area contributed by atoms with Crippen LogP contribution in [0.4, 0.5) is 0 Å². The molecule has 204 valence electrons. The van der Waals surface area contributed by atoms with Crippen molar-refractivity contribution < 1.29 is 29.3 Å². The summed E-state index contributed by atoms with van der Waals surface area (Å²) in [6.07, 6.45) is 17.0. The number of allylic oxidation sites excluding steroid dienone is 2. The van der Waals surface area contributed by atoms with Crippen LogP contribution in [0.1, 0.15) is 114 Å². The van der Waals surface area contributed by atoms with Gasteiger partial charge in [0.2, 0.25) is 5.82 Å². The van der Waals surface area contributed by atoms with Crippen molar-refractivity contribution in [3.63, 3.8) is 0 Å². The maximum Gasteiger partial charge on any atom is 0.305 e. The van der Waals surface area contributed by atoms with Gasteiger partial charge in [0.1, 0.15) is 31.2 Å². The molecule has 0 spiro atoms. The van der Waals surface area contributed by atoms with Crippen molar-refractivity contribution >= 4 is 11.9 Å². The van der Waals surface area contributed by atoms with Gasteiger partial charge in [0, 0.05) is 6.42 Å². The summed E-state index contributed by atoms with van der Waals surface area (Å²) in [4.78, 5) is 26.9. The van der Waals surface area contributed by atoms with Gasteiger partial charge in [-0.25, -0.2) is 9.67 Å². The van der Waals surface area contributed by atoms with Gasteiger partial charge in [-0.3, -0.25) is 9.59 Å². The fourth-order valence-electron chi connectivity index (χ4n) is 4.18. The van der Waals surface area contributed by atoms with Crippen molar-refractivity contribution in [1.82, 2.24) is 14.8 Å². The van der Waals surface area contributed by atoms with Crippen molar-refractivity contribution in [2.75, 3.05) is 6.61 Å². The fourth-order valence-corrected chi connectivity index (χ4v) is 4.18. The van der Waals surface area contributed by atoms with E-state index in [2.05, 4.69) is 29.2 Å². The van der Waals surface area contributed by atoms with Crippen LogP contribution in [0.25, 0.3) is 0 Å². The third-order valence-corrected chi connectivity index (χ3v) is 6.38. The smallest absolute Gasteiger partial charge is 0.305 e. The monoisotopic (exact) mass is 508 g/mol. The van der Waals surface area contributed by atoms with Gasteiger partial charge in [-0.15, -0.1) is 5.10 Å². The number of esters is 1. The predicted octanol–water partition coefficient (Wildman–Crippen LogP) is 3.58. The minimum Gasteiger partial charge on any atom is -0.463 e. The van der Waals surface area contributed by atoms with E-state index in [-0.39, 0.29) is 18.4 Å². The highest BCUT2D eigenvalue weighted by atomic mass is 16.6. The van der Waals surface area contributed by atoms with Crippen LogP contribution >= 0.6 is 0 Å². The number of ether oxygens (including phenoxy) is 2. The lowest BCUT2D eigenvalue weighted by atomic mass is 10.1. The van der Waals surface area contributed by atoms with Gasteiger partial charge in [-0.05, 0) is 32.1 Å². The molecule has 1 amide bonds. The van der Waals surface area contributed by atoms with Gasteiger partial charge >= 0.3 is 5.97 Å². The number of amides is 1. The van der Waals surface area contributed by atoms with E-state index in [1.54, 1.807) is 0 Å². The summed E-state index contributed by atoms with van der Waals surface area (Å²) in [5.74, 6) is -1.41. The Labute approximate surface area is 214 Å². The predicted molar refractivity (Wildman–Crippen MR) is 135 cm³/mol. The molecule has 0 saturated carbocycles. The van der Waals surface area contributed by atoms with Gasteiger partial charge in [-0.1, -0.05) is 70.4 Å². The van der Waals surface area contributed by atoms with Crippen LogP contribution in [0.5, 0.6) is 0 Å². The zero-order valence-electron chi connectivity index (χ0n) is 21.6. The molecule has 0 aromatic carbocycles. The summed E-state index contributed by atoms with van der Waals surface area (Å²) in [7, 11) is 0. The lowest BCUT2D eigenvalue weighted by Gasteiger charge is -2.14. The van der Waals surface area contributed by atoms with Gasteiger partial charge in [0.25, 0.3) is 5.91 Å². The second-order valence-corrected chi connectivity index (χ2v) is 9.48. The largest absolute Gasteiger partial charge is 0.463 e. The molecule has 1 aliphatic heterocycles.